The second-order valence-electron chi connectivity index (χ2n) is 4.56. The van der Waals surface area contributed by atoms with E-state index in [0.29, 0.717) is 12.4 Å². The molecular formula is C16H16N2O5. The summed E-state index contributed by atoms with van der Waals surface area (Å²) in [7, 11) is 0. The number of benzene rings is 2. The topological polar surface area (TPSA) is 90.7 Å². The molecule has 7 nitrogen and oxygen atoms in total. The lowest BCUT2D eigenvalue weighted by molar-refractivity contribution is -0.384. The van der Waals surface area contributed by atoms with Crippen LogP contribution in [0.15, 0.2) is 48.5 Å². The molecule has 23 heavy (non-hydrogen) atoms. The van der Waals surface area contributed by atoms with Gasteiger partial charge in [0.15, 0.2) is 0 Å². The van der Waals surface area contributed by atoms with E-state index in [-0.39, 0.29) is 18.0 Å². The molecule has 0 heterocycles. The molecule has 1 N–H and O–H groups in total. The van der Waals surface area contributed by atoms with Crippen LogP contribution in [0, 0.1) is 10.1 Å². The first-order valence-corrected chi connectivity index (χ1v) is 6.99. The number of hydrogen-bond acceptors (Lipinski definition) is 5. The molecule has 0 aliphatic rings. The molecule has 0 saturated heterocycles. The number of nitrogens with one attached hydrogen (secondary N) is 1. The smallest absolute Gasteiger partial charge is 0.412 e. The molecule has 0 unspecified atom stereocenters. The molecule has 0 spiro atoms. The highest BCUT2D eigenvalue weighted by atomic mass is 16.6. The van der Waals surface area contributed by atoms with Crippen LogP contribution in [0.25, 0.3) is 0 Å². The van der Waals surface area contributed by atoms with Crippen LogP contribution in [0.5, 0.6) is 5.75 Å². The number of ether oxygens (including phenoxy) is 2. The summed E-state index contributed by atoms with van der Waals surface area (Å²) in [6.07, 6.45) is -0.763. The van der Waals surface area contributed by atoms with Crippen LogP contribution < -0.4 is 10.1 Å². The van der Waals surface area contributed by atoms with Gasteiger partial charge in [-0.2, -0.15) is 0 Å². The van der Waals surface area contributed by atoms with Gasteiger partial charge in [0.25, 0.3) is 5.69 Å². The van der Waals surface area contributed by atoms with Gasteiger partial charge in [-0.15, -0.1) is 0 Å². The zero-order chi connectivity index (χ0) is 16.7. The summed E-state index contributed by atoms with van der Waals surface area (Å²) >= 11 is 0. The maximum atomic E-state index is 11.8. The fourth-order valence-corrected chi connectivity index (χ4v) is 1.89. The molecule has 0 radical (unpaired) electrons. The molecule has 0 aliphatic heterocycles. The molecule has 2 rings (SSSR count). The molecule has 0 fully saturated rings. The van der Waals surface area contributed by atoms with E-state index in [2.05, 4.69) is 5.32 Å². The fourth-order valence-electron chi connectivity index (χ4n) is 1.89. The molecule has 120 valence electrons. The average molecular weight is 316 g/mol. The van der Waals surface area contributed by atoms with E-state index < -0.39 is 11.0 Å². The zero-order valence-corrected chi connectivity index (χ0v) is 12.5. The number of nitro benzene ring substituents is 1. The van der Waals surface area contributed by atoms with Crippen molar-refractivity contribution in [3.8, 4) is 5.75 Å². The van der Waals surface area contributed by atoms with Gasteiger partial charge in [0, 0.05) is 0 Å². The van der Waals surface area contributed by atoms with Crippen molar-refractivity contribution in [3.05, 3.63) is 64.2 Å². The van der Waals surface area contributed by atoms with Gasteiger partial charge in [0.1, 0.15) is 18.0 Å². The maximum absolute atomic E-state index is 11.8. The minimum Gasteiger partial charge on any atom is -0.494 e. The van der Waals surface area contributed by atoms with Crippen LogP contribution in [0.2, 0.25) is 0 Å². The van der Waals surface area contributed by atoms with E-state index >= 15 is 0 Å². The molecular weight excluding hydrogens is 300 g/mol. The molecule has 2 aromatic carbocycles. The summed E-state index contributed by atoms with van der Waals surface area (Å²) in [5.74, 6) is 0.363. The van der Waals surface area contributed by atoms with Gasteiger partial charge >= 0.3 is 6.09 Å². The number of carbonyl (C=O) groups excluding carboxylic acids is 1. The van der Waals surface area contributed by atoms with Crippen LogP contribution in [0.1, 0.15) is 12.5 Å². The Morgan fingerprint density at radius 3 is 2.61 bits per heavy atom. The Morgan fingerprint density at radius 1 is 1.22 bits per heavy atom. The van der Waals surface area contributed by atoms with E-state index in [9.17, 15) is 14.9 Å². The normalized spacial score (nSPS) is 9.96. The number of anilines is 1. The summed E-state index contributed by atoms with van der Waals surface area (Å²) in [5, 5.41) is 13.5. The largest absolute Gasteiger partial charge is 0.494 e. The van der Waals surface area contributed by atoms with E-state index in [4.69, 9.17) is 9.47 Å². The van der Waals surface area contributed by atoms with Crippen LogP contribution in [0.3, 0.4) is 0 Å². The Morgan fingerprint density at radius 2 is 1.96 bits per heavy atom. The van der Waals surface area contributed by atoms with E-state index in [0.717, 1.165) is 5.56 Å². The Hall–Kier alpha value is -3.09. The molecule has 2 aromatic rings. The third kappa shape index (κ3) is 4.70. The Labute approximate surface area is 133 Å². The Balaban J connectivity index is 2.03. The maximum Gasteiger partial charge on any atom is 0.412 e. The van der Waals surface area contributed by atoms with Gasteiger partial charge < -0.3 is 9.47 Å². The molecule has 7 heteroatoms. The van der Waals surface area contributed by atoms with Gasteiger partial charge in [0.2, 0.25) is 0 Å². The SMILES string of the molecule is CCOc1ccc(NC(=O)OCc2ccccc2)c([N+](=O)[O-])c1. The molecule has 0 saturated carbocycles. The van der Waals surface area contributed by atoms with Crippen molar-refractivity contribution in [1.82, 2.24) is 0 Å². The van der Waals surface area contributed by atoms with Gasteiger partial charge in [-0.25, -0.2) is 4.79 Å². The van der Waals surface area contributed by atoms with E-state index in [1.54, 1.807) is 13.0 Å². The average Bonchev–Trinajstić information content (AvgIpc) is 2.55. The first-order chi connectivity index (χ1) is 11.1. The quantitative estimate of drug-likeness (QED) is 0.647. The van der Waals surface area contributed by atoms with Crippen molar-refractivity contribution in [1.29, 1.82) is 0 Å². The van der Waals surface area contributed by atoms with E-state index in [1.807, 2.05) is 30.3 Å². The van der Waals surface area contributed by atoms with Gasteiger partial charge in [-0.3, -0.25) is 15.4 Å². The number of rotatable bonds is 6. The highest BCUT2D eigenvalue weighted by molar-refractivity contribution is 5.88. The monoisotopic (exact) mass is 316 g/mol. The van der Waals surface area contributed by atoms with Crippen molar-refractivity contribution in [2.24, 2.45) is 0 Å². The van der Waals surface area contributed by atoms with E-state index in [1.165, 1.54) is 12.1 Å². The number of nitrogens with zero attached hydrogens (tertiary/aromatic N) is 1. The molecule has 0 aliphatic carbocycles. The lowest BCUT2D eigenvalue weighted by atomic mass is 10.2. The number of hydrogen-bond donors (Lipinski definition) is 1. The third-order valence-electron chi connectivity index (χ3n) is 2.93. The summed E-state index contributed by atoms with van der Waals surface area (Å²) in [6, 6.07) is 13.3. The third-order valence-corrected chi connectivity index (χ3v) is 2.93. The standard InChI is InChI=1S/C16H16N2O5/c1-2-22-13-8-9-14(15(10-13)18(20)21)17-16(19)23-11-12-6-4-3-5-7-12/h3-10H,2,11H2,1H3,(H,17,19). The second kappa shape index (κ2) is 7.79. The number of amides is 1. The van der Waals surface area contributed by atoms with Gasteiger partial charge in [-0.1, -0.05) is 30.3 Å². The lowest BCUT2D eigenvalue weighted by Gasteiger charge is -2.09. The number of nitro groups is 1. The van der Waals surface area contributed by atoms with Crippen molar-refractivity contribution >= 4 is 17.5 Å². The van der Waals surface area contributed by atoms with Crippen molar-refractivity contribution in [3.63, 3.8) is 0 Å². The Bertz CT molecular complexity index is 688. The molecule has 1 amide bonds. The highest BCUT2D eigenvalue weighted by Gasteiger charge is 2.17. The van der Waals surface area contributed by atoms with Crippen molar-refractivity contribution in [2.45, 2.75) is 13.5 Å². The molecule has 0 atom stereocenters. The highest BCUT2D eigenvalue weighted by Crippen LogP contribution is 2.29. The first kappa shape index (κ1) is 16.3. The number of carbonyl (C=O) groups is 1. The zero-order valence-electron chi connectivity index (χ0n) is 12.5. The van der Waals surface area contributed by atoms with Crippen molar-refractivity contribution in [2.75, 3.05) is 11.9 Å². The predicted molar refractivity (Wildman–Crippen MR) is 84.5 cm³/mol. The summed E-state index contributed by atoms with van der Waals surface area (Å²) in [4.78, 5) is 22.3. The van der Waals surface area contributed by atoms with Crippen LogP contribution in [-0.2, 0) is 11.3 Å². The van der Waals surface area contributed by atoms with Crippen LogP contribution in [0.4, 0.5) is 16.2 Å². The minimum atomic E-state index is -0.763. The van der Waals surface area contributed by atoms with Crippen molar-refractivity contribution < 1.29 is 19.2 Å². The second-order valence-corrected chi connectivity index (χ2v) is 4.56. The summed E-state index contributed by atoms with van der Waals surface area (Å²) in [6.45, 7) is 2.25. The predicted octanol–water partition coefficient (Wildman–Crippen LogP) is 3.74. The van der Waals surface area contributed by atoms with Gasteiger partial charge in [0.05, 0.1) is 17.6 Å². The fraction of sp³-hybridized carbons (Fsp3) is 0.188. The molecule has 0 aromatic heterocycles. The van der Waals surface area contributed by atoms with Crippen LogP contribution in [-0.4, -0.2) is 17.6 Å². The summed E-state index contributed by atoms with van der Waals surface area (Å²) < 4.78 is 10.3. The Kier molecular flexibility index (Phi) is 5.51. The lowest BCUT2D eigenvalue weighted by Crippen LogP contribution is -2.14. The minimum absolute atomic E-state index is 0.0523. The molecule has 0 bridgehead atoms. The van der Waals surface area contributed by atoms with Crippen LogP contribution >= 0.6 is 0 Å². The first-order valence-electron chi connectivity index (χ1n) is 6.99. The van der Waals surface area contributed by atoms with Gasteiger partial charge in [-0.05, 0) is 24.6 Å². The summed E-state index contributed by atoms with van der Waals surface area (Å²) in [5.41, 5.74) is 0.618.